The lowest BCUT2D eigenvalue weighted by atomic mass is 10.2. The maximum atomic E-state index is 12.1. The van der Waals surface area contributed by atoms with E-state index in [4.69, 9.17) is 32.7 Å². The monoisotopic (exact) mass is 410 g/mol. The number of esters is 1. The summed E-state index contributed by atoms with van der Waals surface area (Å²) in [5.41, 5.74) is 1.18. The van der Waals surface area contributed by atoms with Gasteiger partial charge in [-0.25, -0.2) is 4.79 Å². The summed E-state index contributed by atoms with van der Waals surface area (Å²) in [5.74, 6) is -1.23. The Bertz CT molecular complexity index is 846. The van der Waals surface area contributed by atoms with Crippen LogP contribution in [0, 0.1) is 0 Å². The van der Waals surface area contributed by atoms with Gasteiger partial charge in [-0.15, -0.1) is 0 Å². The van der Waals surface area contributed by atoms with E-state index in [1.807, 2.05) is 0 Å². The predicted molar refractivity (Wildman–Crippen MR) is 103 cm³/mol. The van der Waals surface area contributed by atoms with Crippen molar-refractivity contribution in [2.75, 3.05) is 24.4 Å². The average molecular weight is 411 g/mol. The van der Waals surface area contributed by atoms with Crippen LogP contribution >= 0.6 is 23.2 Å². The molecule has 0 aromatic heterocycles. The van der Waals surface area contributed by atoms with Crippen molar-refractivity contribution in [2.45, 2.75) is 6.92 Å². The van der Waals surface area contributed by atoms with Crippen LogP contribution in [-0.2, 0) is 14.3 Å². The highest BCUT2D eigenvalue weighted by atomic mass is 35.5. The molecule has 0 aliphatic heterocycles. The van der Waals surface area contributed by atoms with Crippen molar-refractivity contribution < 1.29 is 23.9 Å². The maximum absolute atomic E-state index is 12.1. The number of ether oxygens (including phenoxy) is 2. The minimum atomic E-state index is -0.752. The summed E-state index contributed by atoms with van der Waals surface area (Å²) in [7, 11) is 1.40. The van der Waals surface area contributed by atoms with E-state index in [2.05, 4.69) is 10.6 Å². The molecule has 0 aliphatic rings. The van der Waals surface area contributed by atoms with E-state index in [1.165, 1.54) is 26.2 Å². The Morgan fingerprint density at radius 1 is 0.963 bits per heavy atom. The first-order chi connectivity index (χ1) is 12.8. The van der Waals surface area contributed by atoms with Gasteiger partial charge in [0.05, 0.1) is 22.7 Å². The molecular weight excluding hydrogens is 395 g/mol. The van der Waals surface area contributed by atoms with E-state index in [1.54, 1.807) is 24.3 Å². The quantitative estimate of drug-likeness (QED) is 0.707. The van der Waals surface area contributed by atoms with Gasteiger partial charge in [-0.05, 0) is 36.4 Å². The molecule has 0 atom stereocenters. The fourth-order valence-corrected chi connectivity index (χ4v) is 2.77. The van der Waals surface area contributed by atoms with E-state index in [9.17, 15) is 14.4 Å². The highest BCUT2D eigenvalue weighted by molar-refractivity contribution is 6.37. The smallest absolute Gasteiger partial charge is 0.338 e. The third kappa shape index (κ3) is 5.87. The van der Waals surface area contributed by atoms with E-state index in [0.29, 0.717) is 11.4 Å². The number of nitrogens with one attached hydrogen (secondary N) is 2. The minimum Gasteiger partial charge on any atom is -0.494 e. The van der Waals surface area contributed by atoms with Crippen LogP contribution in [0.4, 0.5) is 11.4 Å². The van der Waals surface area contributed by atoms with Crippen molar-refractivity contribution >= 4 is 52.4 Å². The van der Waals surface area contributed by atoms with Crippen LogP contribution in [0.5, 0.6) is 5.75 Å². The van der Waals surface area contributed by atoms with Gasteiger partial charge < -0.3 is 20.1 Å². The molecule has 27 heavy (non-hydrogen) atoms. The fraction of sp³-hybridized carbons (Fsp3) is 0.167. The molecule has 0 saturated carbocycles. The Labute approximate surface area is 165 Å². The van der Waals surface area contributed by atoms with Gasteiger partial charge in [0.25, 0.3) is 5.91 Å². The summed E-state index contributed by atoms with van der Waals surface area (Å²) in [6.07, 6.45) is 0. The lowest BCUT2D eigenvalue weighted by Crippen LogP contribution is -2.21. The Morgan fingerprint density at radius 2 is 1.48 bits per heavy atom. The number of rotatable bonds is 6. The minimum absolute atomic E-state index is 0.0956. The first-order valence-electron chi connectivity index (χ1n) is 7.68. The molecule has 0 bridgehead atoms. The lowest BCUT2D eigenvalue weighted by molar-refractivity contribution is -0.119. The van der Waals surface area contributed by atoms with Crippen LogP contribution in [0.1, 0.15) is 17.3 Å². The molecule has 0 unspecified atom stereocenters. The number of hydrogen-bond donors (Lipinski definition) is 2. The van der Waals surface area contributed by atoms with Gasteiger partial charge in [-0.3, -0.25) is 9.59 Å². The number of hydrogen-bond acceptors (Lipinski definition) is 5. The van der Waals surface area contributed by atoms with Crippen molar-refractivity contribution in [2.24, 2.45) is 0 Å². The molecule has 9 heteroatoms. The van der Waals surface area contributed by atoms with E-state index >= 15 is 0 Å². The molecule has 2 aromatic carbocycles. The SMILES string of the molecule is COc1c(Cl)cc(C(=O)OCC(=O)Nc2ccc(NC(C)=O)cc2)cc1Cl. The molecule has 7 nitrogen and oxygen atoms in total. The molecule has 0 radical (unpaired) electrons. The van der Waals surface area contributed by atoms with Crippen molar-refractivity contribution in [1.82, 2.24) is 0 Å². The molecule has 2 rings (SSSR count). The summed E-state index contributed by atoms with van der Waals surface area (Å²) >= 11 is 11.9. The van der Waals surface area contributed by atoms with Crippen LogP contribution in [0.15, 0.2) is 36.4 Å². The zero-order valence-electron chi connectivity index (χ0n) is 14.5. The van der Waals surface area contributed by atoms with E-state index < -0.39 is 18.5 Å². The zero-order chi connectivity index (χ0) is 20.0. The zero-order valence-corrected chi connectivity index (χ0v) is 16.0. The van der Waals surface area contributed by atoms with Gasteiger partial charge in [0.2, 0.25) is 5.91 Å². The van der Waals surface area contributed by atoms with Crippen molar-refractivity contribution in [3.8, 4) is 5.75 Å². The number of anilines is 2. The van der Waals surface area contributed by atoms with Crippen LogP contribution < -0.4 is 15.4 Å². The molecule has 2 aromatic rings. The Hall–Kier alpha value is -2.77. The van der Waals surface area contributed by atoms with Gasteiger partial charge in [0, 0.05) is 18.3 Å². The highest BCUT2D eigenvalue weighted by Gasteiger charge is 2.16. The Balaban J connectivity index is 1.91. The van der Waals surface area contributed by atoms with Gasteiger partial charge in [-0.1, -0.05) is 23.2 Å². The standard InChI is InChI=1S/C18H16Cl2N2O5/c1-10(23)21-12-3-5-13(6-4-12)22-16(24)9-27-18(25)11-7-14(19)17(26-2)15(20)8-11/h3-8H,9H2,1-2H3,(H,21,23)(H,22,24). The molecule has 2 N–H and O–H groups in total. The van der Waals surface area contributed by atoms with E-state index in [-0.39, 0.29) is 27.3 Å². The third-order valence-electron chi connectivity index (χ3n) is 3.26. The second kappa shape index (κ2) is 9.25. The number of methoxy groups -OCH3 is 1. The van der Waals surface area contributed by atoms with Crippen molar-refractivity contribution in [3.05, 3.63) is 52.0 Å². The van der Waals surface area contributed by atoms with Gasteiger partial charge >= 0.3 is 5.97 Å². The summed E-state index contributed by atoms with van der Waals surface area (Å²) in [5, 5.41) is 5.49. The number of carbonyl (C=O) groups excluding carboxylic acids is 3. The Kier molecular flexibility index (Phi) is 7.04. The normalized spacial score (nSPS) is 10.1. The summed E-state index contributed by atoms with van der Waals surface area (Å²) in [6.45, 7) is 0.904. The average Bonchev–Trinajstić information content (AvgIpc) is 2.60. The van der Waals surface area contributed by atoms with E-state index in [0.717, 1.165) is 0 Å². The van der Waals surface area contributed by atoms with Crippen LogP contribution in [0.3, 0.4) is 0 Å². The second-order valence-electron chi connectivity index (χ2n) is 5.36. The first kappa shape index (κ1) is 20.5. The number of amides is 2. The summed E-state index contributed by atoms with van der Waals surface area (Å²) in [4.78, 5) is 34.9. The first-order valence-corrected chi connectivity index (χ1v) is 8.43. The third-order valence-corrected chi connectivity index (χ3v) is 3.82. The highest BCUT2D eigenvalue weighted by Crippen LogP contribution is 2.33. The molecule has 0 heterocycles. The second-order valence-corrected chi connectivity index (χ2v) is 6.17. The predicted octanol–water partition coefficient (Wildman–Crippen LogP) is 3.76. The van der Waals surface area contributed by atoms with Gasteiger partial charge in [0.1, 0.15) is 0 Å². The number of carbonyl (C=O) groups is 3. The maximum Gasteiger partial charge on any atom is 0.338 e. The Morgan fingerprint density at radius 3 is 1.96 bits per heavy atom. The van der Waals surface area contributed by atoms with Gasteiger partial charge in [-0.2, -0.15) is 0 Å². The van der Waals surface area contributed by atoms with Crippen molar-refractivity contribution in [3.63, 3.8) is 0 Å². The van der Waals surface area contributed by atoms with Crippen LogP contribution in [0.25, 0.3) is 0 Å². The van der Waals surface area contributed by atoms with Crippen molar-refractivity contribution in [1.29, 1.82) is 0 Å². The largest absolute Gasteiger partial charge is 0.494 e. The number of halogens is 2. The topological polar surface area (TPSA) is 93.7 Å². The molecule has 2 amide bonds. The fourth-order valence-electron chi connectivity index (χ4n) is 2.12. The van der Waals surface area contributed by atoms with Gasteiger partial charge in [0.15, 0.2) is 12.4 Å². The molecule has 0 saturated heterocycles. The summed E-state index contributed by atoms with van der Waals surface area (Å²) in [6, 6.07) is 9.15. The number of benzene rings is 2. The molecular formula is C18H16Cl2N2O5. The molecule has 0 fully saturated rings. The molecule has 0 aliphatic carbocycles. The van der Waals surface area contributed by atoms with Crippen LogP contribution in [0.2, 0.25) is 10.0 Å². The summed E-state index contributed by atoms with van der Waals surface area (Å²) < 4.78 is 9.96. The van der Waals surface area contributed by atoms with Crippen LogP contribution in [-0.4, -0.2) is 31.5 Å². The molecule has 0 spiro atoms. The molecule has 142 valence electrons. The lowest BCUT2D eigenvalue weighted by Gasteiger charge is -2.10.